The van der Waals surface area contributed by atoms with E-state index in [1.165, 1.54) is 5.38 Å². The summed E-state index contributed by atoms with van der Waals surface area (Å²) >= 11 is 1.06. The summed E-state index contributed by atoms with van der Waals surface area (Å²) in [6, 6.07) is -0.0607. The average Bonchev–Trinajstić information content (AvgIpc) is 3.38. The number of hydrogen-bond donors (Lipinski definition) is 2. The molecule has 0 radical (unpaired) electrons. The van der Waals surface area contributed by atoms with Gasteiger partial charge in [0.1, 0.15) is 15.7 Å². The molecule has 1 aromatic rings. The van der Waals surface area contributed by atoms with E-state index in [1.54, 1.807) is 11.1 Å². The molecule has 4 aliphatic rings. The van der Waals surface area contributed by atoms with E-state index in [0.717, 1.165) is 49.7 Å². The first kappa shape index (κ1) is 25.5. The second kappa shape index (κ2) is 9.31. The van der Waals surface area contributed by atoms with Crippen molar-refractivity contribution < 1.29 is 26.4 Å². The molecule has 5 rings (SSSR count). The molecule has 36 heavy (non-hydrogen) atoms. The van der Waals surface area contributed by atoms with Crippen molar-refractivity contribution in [3.05, 3.63) is 23.6 Å². The van der Waals surface area contributed by atoms with Crippen molar-refractivity contribution in [1.82, 2.24) is 14.7 Å². The highest BCUT2D eigenvalue weighted by molar-refractivity contribution is 7.91. The molecule has 0 bridgehead atoms. The number of hydrogen-bond acceptors (Lipinski definition) is 9. The maximum Gasteiger partial charge on any atom is 0.287 e. The van der Waals surface area contributed by atoms with Crippen LogP contribution in [0.1, 0.15) is 44.1 Å². The van der Waals surface area contributed by atoms with E-state index >= 15 is 0 Å². The minimum atomic E-state index is -4.27. The van der Waals surface area contributed by atoms with Gasteiger partial charge in [0.25, 0.3) is 15.9 Å². The van der Waals surface area contributed by atoms with E-state index in [4.69, 9.17) is 0 Å². The summed E-state index contributed by atoms with van der Waals surface area (Å²) in [7, 11) is -7.82. The van der Waals surface area contributed by atoms with Crippen LogP contribution in [0.15, 0.2) is 27.3 Å². The van der Waals surface area contributed by atoms with Crippen LogP contribution in [0.2, 0.25) is 0 Å². The summed E-state index contributed by atoms with van der Waals surface area (Å²) in [4.78, 5) is 27.3. The molecule has 196 valence electrons. The zero-order valence-electron chi connectivity index (χ0n) is 19.8. The van der Waals surface area contributed by atoms with Crippen LogP contribution >= 0.6 is 11.3 Å². The predicted octanol–water partition coefficient (Wildman–Crippen LogP) is 1.46. The Bertz CT molecular complexity index is 1350. The number of nitrogens with zero attached hydrogens (tertiary/aromatic N) is 3. The zero-order chi connectivity index (χ0) is 25.8. The number of anilines is 1. The fourth-order valence-corrected chi connectivity index (χ4v) is 8.58. The van der Waals surface area contributed by atoms with Crippen molar-refractivity contribution in [2.75, 3.05) is 18.1 Å². The second-order valence-electron chi connectivity index (χ2n) is 9.71. The van der Waals surface area contributed by atoms with Crippen LogP contribution in [0.5, 0.6) is 0 Å². The second-order valence-corrected chi connectivity index (χ2v) is 14.0. The molecule has 14 heteroatoms. The lowest BCUT2D eigenvalue weighted by molar-refractivity contribution is -0.178. The minimum Gasteiger partial charge on any atom is -0.333 e. The van der Waals surface area contributed by atoms with E-state index in [2.05, 4.69) is 21.0 Å². The molecule has 2 N–H and O–H groups in total. The SMILES string of the molecule is C=CCN(C1CCC1)N1C(=O)C(C2=NS(=O)(=O)c3c(CNS(C)(=O)=O)csc3N2)C(=O)C2CCCC21. The van der Waals surface area contributed by atoms with Crippen LogP contribution < -0.4 is 10.0 Å². The number of amidine groups is 1. The Morgan fingerprint density at radius 3 is 2.64 bits per heavy atom. The average molecular weight is 556 g/mol. The smallest absolute Gasteiger partial charge is 0.287 e. The number of hydrazine groups is 1. The topological polar surface area (TPSA) is 145 Å². The number of carbonyl (C=O) groups is 2. The third-order valence-corrected chi connectivity index (χ3v) is 10.5. The van der Waals surface area contributed by atoms with E-state index in [9.17, 15) is 26.4 Å². The van der Waals surface area contributed by atoms with Gasteiger partial charge in [-0.2, -0.15) is 8.42 Å². The normalized spacial score (nSPS) is 27.8. The summed E-state index contributed by atoms with van der Waals surface area (Å²) in [5.41, 5.74) is 0.247. The Morgan fingerprint density at radius 1 is 1.28 bits per heavy atom. The number of nitrogens with one attached hydrogen (secondary N) is 2. The molecule has 2 aliphatic carbocycles. The molecule has 3 fully saturated rings. The van der Waals surface area contributed by atoms with Gasteiger partial charge in [-0.25, -0.2) is 18.1 Å². The van der Waals surface area contributed by atoms with Gasteiger partial charge >= 0.3 is 0 Å². The van der Waals surface area contributed by atoms with Crippen molar-refractivity contribution >= 4 is 53.9 Å². The van der Waals surface area contributed by atoms with E-state index in [-0.39, 0.29) is 51.6 Å². The van der Waals surface area contributed by atoms with Crippen LogP contribution in [0.4, 0.5) is 5.00 Å². The van der Waals surface area contributed by atoms with Gasteiger partial charge in [-0.3, -0.25) is 14.6 Å². The lowest BCUT2D eigenvalue weighted by atomic mass is 9.82. The largest absolute Gasteiger partial charge is 0.333 e. The van der Waals surface area contributed by atoms with Gasteiger partial charge in [-0.1, -0.05) is 18.9 Å². The highest BCUT2D eigenvalue weighted by Gasteiger charge is 2.55. The maximum atomic E-state index is 13.9. The fraction of sp³-hybridized carbons (Fsp3) is 0.591. The third-order valence-electron chi connectivity index (χ3n) is 7.34. The number of fused-ring (bicyclic) bond motifs is 2. The van der Waals surface area contributed by atoms with Crippen molar-refractivity contribution in [1.29, 1.82) is 0 Å². The Balaban J connectivity index is 1.50. The highest BCUT2D eigenvalue weighted by atomic mass is 32.2. The van der Waals surface area contributed by atoms with Crippen molar-refractivity contribution in [3.8, 4) is 0 Å². The third kappa shape index (κ3) is 4.42. The number of piperidine rings is 1. The van der Waals surface area contributed by atoms with Gasteiger partial charge in [0.2, 0.25) is 10.0 Å². The number of carbonyl (C=O) groups excluding carboxylic acids is 2. The number of sulfonamides is 2. The van der Waals surface area contributed by atoms with Crippen LogP contribution in [-0.4, -0.2) is 69.3 Å². The predicted molar refractivity (Wildman–Crippen MR) is 135 cm³/mol. The zero-order valence-corrected chi connectivity index (χ0v) is 22.3. The molecule has 2 aliphatic heterocycles. The molecule has 1 saturated heterocycles. The van der Waals surface area contributed by atoms with Gasteiger partial charge in [0, 0.05) is 30.6 Å². The highest BCUT2D eigenvalue weighted by Crippen LogP contribution is 2.43. The number of ketones is 1. The number of rotatable bonds is 8. The first-order valence-electron chi connectivity index (χ1n) is 11.9. The van der Waals surface area contributed by atoms with E-state index in [1.807, 2.05) is 5.01 Å². The number of thiophene rings is 1. The molecular weight excluding hydrogens is 526 g/mol. The lowest BCUT2D eigenvalue weighted by Crippen LogP contribution is -2.66. The molecule has 0 spiro atoms. The number of amides is 1. The molecule has 2 saturated carbocycles. The van der Waals surface area contributed by atoms with E-state index < -0.39 is 31.9 Å². The summed E-state index contributed by atoms with van der Waals surface area (Å²) < 4.78 is 55.6. The summed E-state index contributed by atoms with van der Waals surface area (Å²) in [6.45, 7) is 4.09. The first-order valence-corrected chi connectivity index (χ1v) is 16.1. The summed E-state index contributed by atoms with van der Waals surface area (Å²) in [5, 5.41) is 8.39. The van der Waals surface area contributed by atoms with E-state index in [0.29, 0.717) is 13.0 Å². The summed E-state index contributed by atoms with van der Waals surface area (Å²) in [6.07, 6.45) is 7.87. The van der Waals surface area contributed by atoms with Crippen LogP contribution in [-0.2, 0) is 36.2 Å². The van der Waals surface area contributed by atoms with Crippen molar-refractivity contribution in [2.45, 2.75) is 62.0 Å². The van der Waals surface area contributed by atoms with Crippen LogP contribution in [0.25, 0.3) is 0 Å². The fourth-order valence-electron chi connectivity index (χ4n) is 5.52. The van der Waals surface area contributed by atoms with Gasteiger partial charge in [0.15, 0.2) is 11.7 Å². The van der Waals surface area contributed by atoms with Gasteiger partial charge < -0.3 is 5.32 Å². The molecule has 1 amide bonds. The van der Waals surface area contributed by atoms with Crippen molar-refractivity contribution in [3.63, 3.8) is 0 Å². The summed E-state index contributed by atoms with van der Waals surface area (Å²) in [5.74, 6) is -2.68. The Morgan fingerprint density at radius 2 is 2.00 bits per heavy atom. The molecule has 0 aromatic carbocycles. The molecule has 3 unspecified atom stereocenters. The Hall–Kier alpha value is -2.13. The van der Waals surface area contributed by atoms with Gasteiger partial charge in [-0.05, 0) is 31.1 Å². The van der Waals surface area contributed by atoms with Crippen molar-refractivity contribution in [2.24, 2.45) is 16.2 Å². The quantitative estimate of drug-likeness (QED) is 0.362. The molecule has 11 nitrogen and oxygen atoms in total. The Labute approximate surface area is 214 Å². The van der Waals surface area contributed by atoms with Crippen LogP contribution in [0, 0.1) is 11.8 Å². The lowest BCUT2D eigenvalue weighted by Gasteiger charge is -2.50. The molecular formula is C22H29N5O6S3. The maximum absolute atomic E-state index is 13.9. The van der Waals surface area contributed by atoms with Gasteiger partial charge in [0.05, 0.1) is 12.3 Å². The molecule has 1 aromatic heterocycles. The van der Waals surface area contributed by atoms with Gasteiger partial charge in [-0.15, -0.1) is 22.3 Å². The monoisotopic (exact) mass is 555 g/mol. The molecule has 3 atom stereocenters. The Kier molecular flexibility index (Phi) is 6.60. The number of Topliss-reactive ketones (excluding diaryl/α,β-unsaturated/α-hetero) is 1. The first-order chi connectivity index (χ1) is 17.0. The molecule has 3 heterocycles. The standard InChI is InChI=1S/C22H29N5O6S3/c1-3-10-26(14-6-4-7-14)27-16-9-5-8-15(16)18(28)17(22(27)29)20-24-21-19(36(32,33)25-20)13(12-34-21)11-23-35(2,30)31/h3,12,14-17,23H,1,4-11H2,2H3,(H,24,25). The minimum absolute atomic E-state index is 0.138. The van der Waals surface area contributed by atoms with Crippen LogP contribution in [0.3, 0.4) is 0 Å².